The summed E-state index contributed by atoms with van der Waals surface area (Å²) in [6.45, 7) is 0.353. The number of phenolic OH excluding ortho intramolecular Hbond substituents is 1. The molecule has 0 unspecified atom stereocenters. The second kappa shape index (κ2) is 3.38. The lowest BCUT2D eigenvalue weighted by Crippen LogP contribution is -2.20. The van der Waals surface area contributed by atoms with E-state index in [-0.39, 0.29) is 11.2 Å². The first kappa shape index (κ1) is 11.3. The number of aromatic hydroxyl groups is 1. The first-order chi connectivity index (χ1) is 7.39. The van der Waals surface area contributed by atoms with Crippen LogP contribution in [0.25, 0.3) is 0 Å². The molecular formula is C11H12F3NO. The van der Waals surface area contributed by atoms with Crippen molar-refractivity contribution >= 4 is 0 Å². The van der Waals surface area contributed by atoms with Gasteiger partial charge >= 0.3 is 6.18 Å². The molecule has 1 aliphatic rings. The second-order valence-corrected chi connectivity index (χ2v) is 4.21. The van der Waals surface area contributed by atoms with Crippen LogP contribution in [0, 0.1) is 0 Å². The van der Waals surface area contributed by atoms with Gasteiger partial charge in [-0.2, -0.15) is 13.2 Å². The van der Waals surface area contributed by atoms with Crippen molar-refractivity contribution in [1.82, 2.24) is 0 Å². The van der Waals surface area contributed by atoms with Crippen LogP contribution in [0.1, 0.15) is 24.0 Å². The van der Waals surface area contributed by atoms with E-state index in [0.717, 1.165) is 25.0 Å². The Morgan fingerprint density at radius 2 is 1.94 bits per heavy atom. The fourth-order valence-electron chi connectivity index (χ4n) is 1.89. The summed E-state index contributed by atoms with van der Waals surface area (Å²) >= 11 is 0. The summed E-state index contributed by atoms with van der Waals surface area (Å²) in [6, 6.07) is 3.09. The number of benzene rings is 1. The zero-order chi connectivity index (χ0) is 12.0. The van der Waals surface area contributed by atoms with Gasteiger partial charge in [0.25, 0.3) is 0 Å². The Labute approximate surface area is 90.9 Å². The van der Waals surface area contributed by atoms with Crippen molar-refractivity contribution < 1.29 is 18.3 Å². The highest BCUT2D eigenvalue weighted by atomic mass is 19.4. The molecule has 0 aliphatic heterocycles. The summed E-state index contributed by atoms with van der Waals surface area (Å²) in [5, 5.41) is 9.61. The Balaban J connectivity index is 2.38. The lowest BCUT2D eigenvalue weighted by Gasteiger charge is -2.16. The van der Waals surface area contributed by atoms with E-state index >= 15 is 0 Å². The van der Waals surface area contributed by atoms with Gasteiger partial charge in [0.05, 0.1) is 5.56 Å². The number of halogens is 3. The summed E-state index contributed by atoms with van der Waals surface area (Å²) in [5.41, 5.74) is 4.96. The van der Waals surface area contributed by atoms with Crippen LogP contribution in [0.3, 0.4) is 0 Å². The molecule has 88 valence electrons. The molecule has 0 bridgehead atoms. The fraction of sp³-hybridized carbons (Fsp3) is 0.455. The maximum atomic E-state index is 12.4. The smallest absolute Gasteiger partial charge is 0.416 e. The zero-order valence-corrected chi connectivity index (χ0v) is 8.51. The molecule has 0 spiro atoms. The van der Waals surface area contributed by atoms with Crippen LogP contribution in [-0.2, 0) is 11.6 Å². The molecule has 0 radical (unpaired) electrons. The molecule has 2 nitrogen and oxygen atoms in total. The molecule has 16 heavy (non-hydrogen) atoms. The maximum absolute atomic E-state index is 12.4. The van der Waals surface area contributed by atoms with E-state index in [2.05, 4.69) is 0 Å². The van der Waals surface area contributed by atoms with E-state index in [9.17, 15) is 18.3 Å². The van der Waals surface area contributed by atoms with E-state index in [1.54, 1.807) is 0 Å². The lowest BCUT2D eigenvalue weighted by atomic mass is 9.94. The minimum Gasteiger partial charge on any atom is -0.508 e. The number of alkyl halides is 3. The van der Waals surface area contributed by atoms with Crippen molar-refractivity contribution in [1.29, 1.82) is 0 Å². The largest absolute Gasteiger partial charge is 0.508 e. The van der Waals surface area contributed by atoms with E-state index in [4.69, 9.17) is 5.73 Å². The standard InChI is InChI=1S/C11H12F3NO/c12-11(13,14)7-1-2-8(9(16)5-7)10(6-15)3-4-10/h1-2,5,16H,3-4,6,15H2. The van der Waals surface area contributed by atoms with E-state index in [0.29, 0.717) is 12.1 Å². The number of hydrogen-bond donors (Lipinski definition) is 2. The Hall–Kier alpha value is -1.23. The topological polar surface area (TPSA) is 46.2 Å². The molecule has 1 aliphatic carbocycles. The monoisotopic (exact) mass is 231 g/mol. The number of hydrogen-bond acceptors (Lipinski definition) is 2. The fourth-order valence-corrected chi connectivity index (χ4v) is 1.89. The van der Waals surface area contributed by atoms with Crippen molar-refractivity contribution in [2.75, 3.05) is 6.54 Å². The Morgan fingerprint density at radius 1 is 1.31 bits per heavy atom. The molecule has 1 fully saturated rings. The maximum Gasteiger partial charge on any atom is 0.416 e. The Bertz CT molecular complexity index is 410. The third-order valence-electron chi connectivity index (χ3n) is 3.14. The van der Waals surface area contributed by atoms with Gasteiger partial charge < -0.3 is 10.8 Å². The van der Waals surface area contributed by atoms with Crippen molar-refractivity contribution in [2.45, 2.75) is 24.4 Å². The van der Waals surface area contributed by atoms with Crippen LogP contribution in [0.4, 0.5) is 13.2 Å². The highest BCUT2D eigenvalue weighted by Gasteiger charge is 2.45. The summed E-state index contributed by atoms with van der Waals surface area (Å²) in [5.74, 6) is -0.308. The first-order valence-electron chi connectivity index (χ1n) is 5.00. The molecule has 1 aromatic carbocycles. The van der Waals surface area contributed by atoms with Gasteiger partial charge in [-0.15, -0.1) is 0 Å². The van der Waals surface area contributed by atoms with Gasteiger partial charge in [-0.1, -0.05) is 6.07 Å². The molecule has 0 aromatic heterocycles. The number of phenols is 1. The molecule has 3 N–H and O–H groups in total. The number of rotatable bonds is 2. The molecule has 5 heteroatoms. The van der Waals surface area contributed by atoms with Gasteiger partial charge in [0, 0.05) is 17.5 Å². The summed E-state index contributed by atoms with van der Waals surface area (Å²) in [4.78, 5) is 0. The number of nitrogens with two attached hydrogens (primary N) is 1. The minimum atomic E-state index is -4.42. The molecule has 0 amide bonds. The summed E-state index contributed by atoms with van der Waals surface area (Å²) in [7, 11) is 0. The predicted molar refractivity (Wildman–Crippen MR) is 53.1 cm³/mol. The predicted octanol–water partition coefficient (Wildman–Crippen LogP) is 2.40. The zero-order valence-electron chi connectivity index (χ0n) is 8.51. The highest BCUT2D eigenvalue weighted by Crippen LogP contribution is 2.50. The van der Waals surface area contributed by atoms with Crippen molar-refractivity contribution in [3.05, 3.63) is 29.3 Å². The first-order valence-corrected chi connectivity index (χ1v) is 5.00. The van der Waals surface area contributed by atoms with Crippen LogP contribution in [0.5, 0.6) is 5.75 Å². The molecule has 1 saturated carbocycles. The van der Waals surface area contributed by atoms with Crippen LogP contribution in [-0.4, -0.2) is 11.7 Å². The van der Waals surface area contributed by atoms with Gasteiger partial charge in [-0.25, -0.2) is 0 Å². The molecule has 1 aromatic rings. The minimum absolute atomic E-state index is 0.297. The van der Waals surface area contributed by atoms with E-state index < -0.39 is 11.7 Å². The van der Waals surface area contributed by atoms with Crippen molar-refractivity contribution in [3.63, 3.8) is 0 Å². The Morgan fingerprint density at radius 3 is 2.31 bits per heavy atom. The van der Waals surface area contributed by atoms with Gasteiger partial charge in [0.15, 0.2) is 0 Å². The van der Waals surface area contributed by atoms with Crippen molar-refractivity contribution in [2.24, 2.45) is 5.73 Å². The van der Waals surface area contributed by atoms with Crippen LogP contribution >= 0.6 is 0 Å². The molecule has 0 heterocycles. The molecule has 0 atom stereocenters. The van der Waals surface area contributed by atoms with E-state index in [1.165, 1.54) is 6.07 Å². The summed E-state index contributed by atoms with van der Waals surface area (Å²) < 4.78 is 37.1. The SMILES string of the molecule is NCC1(c2ccc(C(F)(F)F)cc2O)CC1. The average molecular weight is 231 g/mol. The lowest BCUT2D eigenvalue weighted by molar-refractivity contribution is -0.137. The van der Waals surface area contributed by atoms with Crippen molar-refractivity contribution in [3.8, 4) is 5.75 Å². The van der Waals surface area contributed by atoms with Crippen LogP contribution in [0.15, 0.2) is 18.2 Å². The normalized spacial score (nSPS) is 18.5. The van der Waals surface area contributed by atoms with Gasteiger partial charge in [0.2, 0.25) is 0 Å². The second-order valence-electron chi connectivity index (χ2n) is 4.21. The Kier molecular flexibility index (Phi) is 2.38. The average Bonchev–Trinajstić information content (AvgIpc) is 2.97. The molecular weight excluding hydrogens is 219 g/mol. The van der Waals surface area contributed by atoms with E-state index in [1.807, 2.05) is 0 Å². The van der Waals surface area contributed by atoms with Gasteiger partial charge in [-0.3, -0.25) is 0 Å². The highest BCUT2D eigenvalue weighted by molar-refractivity contribution is 5.45. The molecule has 2 rings (SSSR count). The summed E-state index contributed by atoms with van der Waals surface area (Å²) in [6.07, 6.45) is -2.78. The van der Waals surface area contributed by atoms with Gasteiger partial charge in [0.1, 0.15) is 5.75 Å². The van der Waals surface area contributed by atoms with Crippen LogP contribution in [0.2, 0.25) is 0 Å². The van der Waals surface area contributed by atoms with Gasteiger partial charge in [-0.05, 0) is 25.0 Å². The van der Waals surface area contributed by atoms with Crippen LogP contribution < -0.4 is 5.73 Å². The third-order valence-corrected chi connectivity index (χ3v) is 3.14. The quantitative estimate of drug-likeness (QED) is 0.821. The third kappa shape index (κ3) is 1.75. The molecule has 0 saturated heterocycles.